The third kappa shape index (κ3) is 2.34. The first-order valence-electron chi connectivity index (χ1n) is 8.85. The van der Waals surface area contributed by atoms with Crippen molar-refractivity contribution < 1.29 is 9.13 Å². The summed E-state index contributed by atoms with van der Waals surface area (Å²) in [5.41, 5.74) is 1.17. The van der Waals surface area contributed by atoms with E-state index in [-0.39, 0.29) is 11.2 Å². The molecule has 120 valence electrons. The van der Waals surface area contributed by atoms with E-state index in [1.165, 1.54) is 31.7 Å². The van der Waals surface area contributed by atoms with Crippen molar-refractivity contribution in [3.63, 3.8) is 0 Å². The van der Waals surface area contributed by atoms with Gasteiger partial charge in [0.25, 0.3) is 0 Å². The third-order valence-electron chi connectivity index (χ3n) is 6.43. The Labute approximate surface area is 132 Å². The molecule has 2 nitrogen and oxygen atoms in total. The zero-order chi connectivity index (χ0) is 15.2. The topological polar surface area (TPSA) is 12.5 Å². The van der Waals surface area contributed by atoms with Crippen LogP contribution in [-0.4, -0.2) is 30.6 Å². The maximum absolute atomic E-state index is 13.6. The fraction of sp³-hybridized carbons (Fsp3) is 0.684. The Morgan fingerprint density at radius 2 is 1.95 bits per heavy atom. The van der Waals surface area contributed by atoms with Gasteiger partial charge in [0.1, 0.15) is 11.6 Å². The van der Waals surface area contributed by atoms with Crippen LogP contribution in [0.3, 0.4) is 0 Å². The van der Waals surface area contributed by atoms with Crippen LogP contribution in [0.2, 0.25) is 0 Å². The number of hydrogen-bond donors (Lipinski definition) is 0. The number of likely N-dealkylation sites (tertiary alicyclic amines) is 1. The lowest BCUT2D eigenvalue weighted by atomic mass is 9.74. The number of rotatable bonds is 2. The molecule has 0 aromatic heterocycles. The van der Waals surface area contributed by atoms with Crippen molar-refractivity contribution in [1.82, 2.24) is 4.90 Å². The van der Waals surface area contributed by atoms with Crippen LogP contribution in [0.1, 0.15) is 51.0 Å². The lowest BCUT2D eigenvalue weighted by Gasteiger charge is -2.42. The maximum Gasteiger partial charge on any atom is 0.123 e. The minimum Gasteiger partial charge on any atom is -0.492 e. The molecule has 4 rings (SSSR count). The first kappa shape index (κ1) is 14.5. The van der Waals surface area contributed by atoms with E-state index >= 15 is 0 Å². The second-order valence-electron chi connectivity index (χ2n) is 7.53. The van der Waals surface area contributed by atoms with Crippen molar-refractivity contribution in [1.29, 1.82) is 0 Å². The van der Waals surface area contributed by atoms with Gasteiger partial charge in [-0.15, -0.1) is 0 Å². The van der Waals surface area contributed by atoms with Crippen LogP contribution in [-0.2, 0) is 5.41 Å². The highest BCUT2D eigenvalue weighted by molar-refractivity contribution is 5.44. The first-order chi connectivity index (χ1) is 10.7. The summed E-state index contributed by atoms with van der Waals surface area (Å²) >= 11 is 0. The fourth-order valence-corrected chi connectivity index (χ4v) is 4.85. The molecule has 2 aliphatic heterocycles. The zero-order valence-corrected chi connectivity index (χ0v) is 13.5. The van der Waals surface area contributed by atoms with Gasteiger partial charge in [0.2, 0.25) is 0 Å². The van der Waals surface area contributed by atoms with Crippen molar-refractivity contribution in [2.24, 2.45) is 5.92 Å². The molecule has 0 unspecified atom stereocenters. The SMILES string of the molecule is C[C@H](C1CCCC1)N1CCC2(CC1)COc1ccc(F)cc12. The van der Waals surface area contributed by atoms with Crippen LogP contribution in [0.4, 0.5) is 4.39 Å². The minimum absolute atomic E-state index is 0.0589. The highest BCUT2D eigenvalue weighted by atomic mass is 19.1. The van der Waals surface area contributed by atoms with Crippen molar-refractivity contribution in [3.8, 4) is 5.75 Å². The van der Waals surface area contributed by atoms with Crippen LogP contribution >= 0.6 is 0 Å². The molecule has 0 radical (unpaired) electrons. The summed E-state index contributed by atoms with van der Waals surface area (Å²) in [4.78, 5) is 2.67. The van der Waals surface area contributed by atoms with E-state index in [1.54, 1.807) is 12.1 Å². The Bertz CT molecular complexity index is 544. The normalized spacial score (nSPS) is 26.1. The molecule has 0 amide bonds. The van der Waals surface area contributed by atoms with Gasteiger partial charge in [-0.3, -0.25) is 0 Å². The van der Waals surface area contributed by atoms with Gasteiger partial charge in [-0.25, -0.2) is 4.39 Å². The summed E-state index contributed by atoms with van der Waals surface area (Å²) in [5.74, 6) is 1.66. The smallest absolute Gasteiger partial charge is 0.123 e. The van der Waals surface area contributed by atoms with E-state index in [0.29, 0.717) is 6.04 Å². The molecule has 2 fully saturated rings. The van der Waals surface area contributed by atoms with Crippen LogP contribution < -0.4 is 4.74 Å². The Morgan fingerprint density at radius 1 is 1.23 bits per heavy atom. The third-order valence-corrected chi connectivity index (χ3v) is 6.43. The van der Waals surface area contributed by atoms with E-state index in [2.05, 4.69) is 11.8 Å². The standard InChI is InChI=1S/C19H26FNO/c1-14(15-4-2-3-5-15)21-10-8-19(9-11-21)13-22-18-7-6-16(20)12-17(18)19/h6-7,12,14-15H,2-5,8-11,13H2,1H3/t14-/m1/s1. The van der Waals surface area contributed by atoms with Gasteiger partial charge in [-0.1, -0.05) is 12.8 Å². The second-order valence-corrected chi connectivity index (χ2v) is 7.53. The number of halogens is 1. The van der Waals surface area contributed by atoms with E-state index in [9.17, 15) is 4.39 Å². The lowest BCUT2D eigenvalue weighted by molar-refractivity contribution is 0.0817. The summed E-state index contributed by atoms with van der Waals surface area (Å²) in [5, 5.41) is 0. The predicted molar refractivity (Wildman–Crippen MR) is 85.8 cm³/mol. The summed E-state index contributed by atoms with van der Waals surface area (Å²) < 4.78 is 19.5. The van der Waals surface area contributed by atoms with Gasteiger partial charge >= 0.3 is 0 Å². The molecule has 3 heteroatoms. The number of ether oxygens (including phenoxy) is 1. The molecule has 3 aliphatic rings. The molecule has 1 atom stereocenters. The van der Waals surface area contributed by atoms with Gasteiger partial charge in [0.15, 0.2) is 0 Å². The second kappa shape index (κ2) is 5.52. The lowest BCUT2D eigenvalue weighted by Crippen LogP contribution is -2.48. The Morgan fingerprint density at radius 3 is 2.68 bits per heavy atom. The Kier molecular flexibility index (Phi) is 3.64. The number of hydrogen-bond acceptors (Lipinski definition) is 2. The van der Waals surface area contributed by atoms with Gasteiger partial charge in [-0.2, -0.15) is 0 Å². The molecule has 2 heterocycles. The largest absolute Gasteiger partial charge is 0.492 e. The van der Waals surface area contributed by atoms with Crippen molar-refractivity contribution in [2.75, 3.05) is 19.7 Å². The molecule has 1 aromatic rings. The van der Waals surface area contributed by atoms with Crippen LogP contribution in [0.25, 0.3) is 0 Å². The van der Waals surface area contributed by atoms with E-state index in [1.807, 2.05) is 0 Å². The molecule has 1 aliphatic carbocycles. The zero-order valence-electron chi connectivity index (χ0n) is 13.5. The maximum atomic E-state index is 13.6. The van der Waals surface area contributed by atoms with Gasteiger partial charge < -0.3 is 9.64 Å². The summed E-state index contributed by atoms with van der Waals surface area (Å²) in [7, 11) is 0. The summed E-state index contributed by atoms with van der Waals surface area (Å²) in [6, 6.07) is 5.72. The van der Waals surface area contributed by atoms with Crippen LogP contribution in [0.5, 0.6) is 5.75 Å². The molecule has 0 N–H and O–H groups in total. The van der Waals surface area contributed by atoms with Crippen LogP contribution in [0, 0.1) is 11.7 Å². The van der Waals surface area contributed by atoms with Gasteiger partial charge in [-0.05, 0) is 69.8 Å². The van der Waals surface area contributed by atoms with Crippen LogP contribution in [0.15, 0.2) is 18.2 Å². The van der Waals surface area contributed by atoms with Crippen molar-refractivity contribution >= 4 is 0 Å². The number of fused-ring (bicyclic) bond motifs is 2. The molecule has 0 bridgehead atoms. The monoisotopic (exact) mass is 303 g/mol. The van der Waals surface area contributed by atoms with Crippen molar-refractivity contribution in [3.05, 3.63) is 29.6 Å². The van der Waals surface area contributed by atoms with Gasteiger partial charge in [0.05, 0.1) is 6.61 Å². The average molecular weight is 303 g/mol. The number of benzene rings is 1. The molecule has 1 saturated carbocycles. The van der Waals surface area contributed by atoms with Crippen molar-refractivity contribution in [2.45, 2.75) is 56.9 Å². The predicted octanol–water partition coefficient (Wildman–Crippen LogP) is 4.13. The quantitative estimate of drug-likeness (QED) is 0.814. The molecular weight excluding hydrogens is 277 g/mol. The Balaban J connectivity index is 1.47. The van der Waals surface area contributed by atoms with E-state index in [4.69, 9.17) is 4.74 Å². The average Bonchev–Trinajstić information content (AvgIpc) is 3.17. The summed E-state index contributed by atoms with van der Waals surface area (Å²) in [6.45, 7) is 5.39. The molecule has 1 saturated heterocycles. The molecule has 1 aromatic carbocycles. The Hall–Kier alpha value is -1.09. The molecular formula is C19H26FNO. The molecule has 22 heavy (non-hydrogen) atoms. The molecule has 1 spiro atoms. The van der Waals surface area contributed by atoms with E-state index in [0.717, 1.165) is 49.8 Å². The highest BCUT2D eigenvalue weighted by Crippen LogP contribution is 2.46. The fourth-order valence-electron chi connectivity index (χ4n) is 4.85. The minimum atomic E-state index is -0.134. The highest BCUT2D eigenvalue weighted by Gasteiger charge is 2.44. The first-order valence-corrected chi connectivity index (χ1v) is 8.85. The number of nitrogens with zero attached hydrogens (tertiary/aromatic N) is 1. The van der Waals surface area contributed by atoms with Gasteiger partial charge in [0, 0.05) is 17.0 Å². The number of piperidine rings is 1. The summed E-state index contributed by atoms with van der Waals surface area (Å²) in [6.07, 6.45) is 7.82. The van der Waals surface area contributed by atoms with E-state index < -0.39 is 0 Å².